The second kappa shape index (κ2) is 9.38. The number of hydrogen-bond acceptors (Lipinski definition) is 1. The van der Waals surface area contributed by atoms with Crippen molar-refractivity contribution in [3.8, 4) is 0 Å². The van der Waals surface area contributed by atoms with Crippen molar-refractivity contribution in [3.05, 3.63) is 90.6 Å². The highest BCUT2D eigenvalue weighted by Crippen LogP contribution is 2.10. The van der Waals surface area contributed by atoms with Crippen LogP contribution in [-0.2, 0) is 0 Å². The molecule has 0 bridgehead atoms. The molecule has 0 atom stereocenters. The van der Waals surface area contributed by atoms with Gasteiger partial charge in [0.25, 0.3) is 0 Å². The minimum Gasteiger partial charge on any atom is -0.383 e. The largest absolute Gasteiger partial charge is 0.383 e. The average molecular weight is 277 g/mol. The Bertz CT molecular complexity index is 553. The lowest BCUT2D eigenvalue weighted by atomic mass is 10.1. The van der Waals surface area contributed by atoms with Crippen molar-refractivity contribution in [3.63, 3.8) is 0 Å². The topological polar surface area (TPSA) is 3.24 Å². The highest BCUT2D eigenvalue weighted by Gasteiger charge is 1.89. The summed E-state index contributed by atoms with van der Waals surface area (Å²) >= 11 is 0. The van der Waals surface area contributed by atoms with E-state index in [1.807, 2.05) is 79.8 Å². The summed E-state index contributed by atoms with van der Waals surface area (Å²) in [6.45, 7) is 7.38. The fourth-order valence-corrected chi connectivity index (χ4v) is 1.68. The normalized spacial score (nSPS) is 9.62. The van der Waals surface area contributed by atoms with Crippen LogP contribution in [0.2, 0.25) is 0 Å². The molecule has 0 amide bonds. The van der Waals surface area contributed by atoms with Gasteiger partial charge in [-0.2, -0.15) is 0 Å². The molecule has 1 nitrogen and oxygen atoms in total. The van der Waals surface area contributed by atoms with Gasteiger partial charge in [0.2, 0.25) is 0 Å². The van der Waals surface area contributed by atoms with E-state index >= 15 is 0 Å². The molecule has 21 heavy (non-hydrogen) atoms. The summed E-state index contributed by atoms with van der Waals surface area (Å²) < 4.78 is 0. The summed E-state index contributed by atoms with van der Waals surface area (Å²) in [4.78, 5) is 2.02. The molecule has 0 fully saturated rings. The number of hydrogen-bond donors (Lipinski definition) is 0. The first kappa shape index (κ1) is 16.5. The van der Waals surface area contributed by atoms with Crippen molar-refractivity contribution < 1.29 is 0 Å². The van der Waals surface area contributed by atoms with Crippen LogP contribution in [0.25, 0.3) is 18.2 Å². The second-order valence-electron chi connectivity index (χ2n) is 4.73. The Hall–Kier alpha value is -2.54. The third-order valence-corrected chi connectivity index (χ3v) is 2.80. The molecule has 108 valence electrons. The van der Waals surface area contributed by atoms with Gasteiger partial charge >= 0.3 is 0 Å². The Morgan fingerprint density at radius 1 is 0.762 bits per heavy atom. The molecule has 0 aromatic heterocycles. The van der Waals surface area contributed by atoms with Gasteiger partial charge in [-0.15, -0.1) is 0 Å². The zero-order chi connectivity index (χ0) is 15.5. The van der Waals surface area contributed by atoms with Gasteiger partial charge in [-0.05, 0) is 29.0 Å². The lowest BCUT2D eigenvalue weighted by Gasteiger charge is -2.02. The van der Waals surface area contributed by atoms with Crippen LogP contribution in [0.5, 0.6) is 0 Å². The predicted octanol–water partition coefficient (Wildman–Crippen LogP) is 5.19. The molecule has 0 aliphatic heterocycles. The molecular formula is C20H23N. The van der Waals surface area contributed by atoms with E-state index in [1.165, 1.54) is 5.56 Å². The van der Waals surface area contributed by atoms with Gasteiger partial charge in [0, 0.05) is 14.1 Å². The summed E-state index contributed by atoms with van der Waals surface area (Å²) in [6, 6.07) is 18.3. The van der Waals surface area contributed by atoms with E-state index < -0.39 is 0 Å². The van der Waals surface area contributed by atoms with Crippen LogP contribution < -0.4 is 0 Å². The molecule has 2 rings (SSSR count). The predicted molar refractivity (Wildman–Crippen MR) is 95.8 cm³/mol. The van der Waals surface area contributed by atoms with Crippen molar-refractivity contribution in [2.45, 2.75) is 0 Å². The van der Waals surface area contributed by atoms with Crippen LogP contribution in [0.15, 0.2) is 74.0 Å². The maximum Gasteiger partial charge on any atom is 0.00556 e. The van der Waals surface area contributed by atoms with Gasteiger partial charge < -0.3 is 4.90 Å². The fourth-order valence-electron chi connectivity index (χ4n) is 1.68. The Morgan fingerprint density at radius 2 is 1.24 bits per heavy atom. The van der Waals surface area contributed by atoms with Crippen molar-refractivity contribution in [2.24, 2.45) is 0 Å². The van der Waals surface area contributed by atoms with E-state index in [4.69, 9.17) is 0 Å². The van der Waals surface area contributed by atoms with E-state index in [9.17, 15) is 0 Å². The molecule has 0 N–H and O–H groups in total. The Kier molecular flexibility index (Phi) is 7.37. The second-order valence-corrected chi connectivity index (χ2v) is 4.73. The van der Waals surface area contributed by atoms with Gasteiger partial charge in [0.05, 0.1) is 0 Å². The summed E-state index contributed by atoms with van der Waals surface area (Å²) in [6.07, 6.45) is 7.78. The molecule has 0 aliphatic carbocycles. The van der Waals surface area contributed by atoms with Crippen LogP contribution in [-0.4, -0.2) is 19.0 Å². The maximum absolute atomic E-state index is 3.69. The van der Waals surface area contributed by atoms with Gasteiger partial charge in [0.1, 0.15) is 0 Å². The average Bonchev–Trinajstić information content (AvgIpc) is 2.54. The van der Waals surface area contributed by atoms with Crippen molar-refractivity contribution in [2.75, 3.05) is 14.1 Å². The zero-order valence-corrected chi connectivity index (χ0v) is 12.9. The Balaban J connectivity index is 0.000000211. The van der Waals surface area contributed by atoms with Gasteiger partial charge in [-0.3, -0.25) is 0 Å². The summed E-state index contributed by atoms with van der Waals surface area (Å²) in [5, 5.41) is 0. The quantitative estimate of drug-likeness (QED) is 0.743. The van der Waals surface area contributed by atoms with Gasteiger partial charge in [-0.25, -0.2) is 0 Å². The van der Waals surface area contributed by atoms with Crippen LogP contribution >= 0.6 is 0 Å². The maximum atomic E-state index is 3.69. The molecular weight excluding hydrogens is 254 g/mol. The minimum atomic E-state index is 1.14. The third kappa shape index (κ3) is 6.44. The van der Waals surface area contributed by atoms with Crippen LogP contribution in [0.1, 0.15) is 16.7 Å². The molecule has 0 aliphatic rings. The van der Waals surface area contributed by atoms with E-state index in [0.29, 0.717) is 0 Å². The van der Waals surface area contributed by atoms with Crippen molar-refractivity contribution in [1.82, 2.24) is 4.90 Å². The first-order valence-corrected chi connectivity index (χ1v) is 6.91. The summed E-state index contributed by atoms with van der Waals surface area (Å²) in [5.74, 6) is 0. The van der Waals surface area contributed by atoms with Crippen LogP contribution in [0.4, 0.5) is 0 Å². The van der Waals surface area contributed by atoms with E-state index in [2.05, 4.69) is 31.4 Å². The van der Waals surface area contributed by atoms with Crippen LogP contribution in [0.3, 0.4) is 0 Å². The SMILES string of the molecule is C=Cc1ccccc1C=C.CN(C)C=Cc1ccccc1. The van der Waals surface area contributed by atoms with Gasteiger partial charge in [0.15, 0.2) is 0 Å². The molecule has 0 unspecified atom stereocenters. The molecule has 0 saturated heterocycles. The Morgan fingerprint density at radius 3 is 1.67 bits per heavy atom. The lowest BCUT2D eigenvalue weighted by Crippen LogP contribution is -1.99. The fraction of sp³-hybridized carbons (Fsp3) is 0.100. The highest BCUT2D eigenvalue weighted by molar-refractivity contribution is 5.63. The number of benzene rings is 2. The van der Waals surface area contributed by atoms with Crippen LogP contribution in [0, 0.1) is 0 Å². The lowest BCUT2D eigenvalue weighted by molar-refractivity contribution is 0.567. The standard InChI is InChI=1S/C10H13N.C10H10/c1-11(2)9-8-10-6-4-3-5-7-10;1-3-9-7-5-6-8-10(9)4-2/h3-9H,1-2H3;3-8H,1-2H2. The van der Waals surface area contributed by atoms with Crippen molar-refractivity contribution in [1.29, 1.82) is 0 Å². The first-order chi connectivity index (χ1) is 10.2. The van der Waals surface area contributed by atoms with Gasteiger partial charge in [-0.1, -0.05) is 79.9 Å². The molecule has 2 aromatic rings. The minimum absolute atomic E-state index is 1.14. The molecule has 0 saturated carbocycles. The number of rotatable bonds is 4. The smallest absolute Gasteiger partial charge is 0.00556 e. The Labute approximate surface area is 128 Å². The number of nitrogens with zero attached hydrogens (tertiary/aromatic N) is 1. The summed E-state index contributed by atoms with van der Waals surface area (Å²) in [5.41, 5.74) is 3.51. The molecule has 0 radical (unpaired) electrons. The molecule has 1 heteroatoms. The van der Waals surface area contributed by atoms with E-state index in [0.717, 1.165) is 11.1 Å². The van der Waals surface area contributed by atoms with E-state index in [-0.39, 0.29) is 0 Å². The highest BCUT2D eigenvalue weighted by atomic mass is 15.0. The molecule has 0 heterocycles. The molecule has 0 spiro atoms. The van der Waals surface area contributed by atoms with Crippen molar-refractivity contribution >= 4 is 18.2 Å². The summed E-state index contributed by atoms with van der Waals surface area (Å²) in [7, 11) is 4.03. The zero-order valence-electron chi connectivity index (χ0n) is 12.9. The first-order valence-electron chi connectivity index (χ1n) is 6.91. The van der Waals surface area contributed by atoms with E-state index in [1.54, 1.807) is 0 Å². The third-order valence-electron chi connectivity index (χ3n) is 2.80. The monoisotopic (exact) mass is 277 g/mol. The molecule has 2 aromatic carbocycles.